The number of benzene rings is 1. The number of hydrogen-bond acceptors (Lipinski definition) is 7. The molecule has 2 aromatic heterocycles. The van der Waals surface area contributed by atoms with Gasteiger partial charge in [-0.3, -0.25) is 9.69 Å². The number of nitrogens with zero attached hydrogens (tertiary/aromatic N) is 2. The lowest BCUT2D eigenvalue weighted by molar-refractivity contribution is 0.0996. The number of nitrogens with one attached hydrogen (secondary N) is 1. The lowest BCUT2D eigenvalue weighted by atomic mass is 9.96. The van der Waals surface area contributed by atoms with Crippen LogP contribution in [0, 0.1) is 0 Å². The molecule has 7 nitrogen and oxygen atoms in total. The molecule has 176 valence electrons. The lowest BCUT2D eigenvalue weighted by Gasteiger charge is -2.39. The Morgan fingerprint density at radius 2 is 1.91 bits per heavy atom. The average Bonchev–Trinajstić information content (AvgIpc) is 3.51. The molecular weight excluding hydrogens is 438 g/mol. The second-order valence-corrected chi connectivity index (χ2v) is 9.27. The molecule has 1 aromatic carbocycles. The maximum absolute atomic E-state index is 12.9. The van der Waals surface area contributed by atoms with Crippen molar-refractivity contribution in [3.63, 3.8) is 0 Å². The topological polar surface area (TPSA) is 67.2 Å². The van der Waals surface area contributed by atoms with Gasteiger partial charge in [0.05, 0.1) is 26.5 Å². The number of piperazine rings is 1. The standard InChI is InChI=1S/C25H31N3O4S/c1-5-18-16-20(25(33-18)26-24(29)21-7-6-14-32-21)23(28-12-10-27(2)11-13-28)19-9-8-17(30-3)15-22(19)31-4/h6-9,14-16,23H,5,10-13H2,1-4H3,(H,26,29). The zero-order chi connectivity index (χ0) is 23.4. The van der Waals surface area contributed by atoms with Gasteiger partial charge in [-0.2, -0.15) is 0 Å². The van der Waals surface area contributed by atoms with Crippen molar-refractivity contribution in [3.05, 3.63) is 64.4 Å². The van der Waals surface area contributed by atoms with Crippen LogP contribution in [-0.2, 0) is 6.42 Å². The Morgan fingerprint density at radius 3 is 2.55 bits per heavy atom. The van der Waals surface area contributed by atoms with Crippen molar-refractivity contribution in [2.24, 2.45) is 0 Å². The van der Waals surface area contributed by atoms with E-state index in [1.165, 1.54) is 11.1 Å². The van der Waals surface area contributed by atoms with Gasteiger partial charge in [0.1, 0.15) is 16.5 Å². The minimum Gasteiger partial charge on any atom is -0.497 e. The molecule has 1 N–H and O–H groups in total. The number of carbonyl (C=O) groups excluding carboxylic acids is 1. The molecule has 0 spiro atoms. The predicted octanol–water partition coefficient (Wildman–Crippen LogP) is 4.51. The number of likely N-dealkylation sites (N-methyl/N-ethyl adjacent to an activating group) is 1. The van der Waals surface area contributed by atoms with Crippen molar-refractivity contribution in [3.8, 4) is 11.5 Å². The van der Waals surface area contributed by atoms with Gasteiger partial charge in [-0.1, -0.05) is 6.92 Å². The molecular formula is C25H31N3O4S. The summed E-state index contributed by atoms with van der Waals surface area (Å²) in [5.41, 5.74) is 2.13. The summed E-state index contributed by atoms with van der Waals surface area (Å²) in [7, 11) is 5.49. The second kappa shape index (κ2) is 10.4. The Morgan fingerprint density at radius 1 is 1.12 bits per heavy atom. The quantitative estimate of drug-likeness (QED) is 0.524. The highest BCUT2D eigenvalue weighted by molar-refractivity contribution is 7.16. The first kappa shape index (κ1) is 23.4. The molecule has 4 rings (SSSR count). The van der Waals surface area contributed by atoms with Crippen molar-refractivity contribution < 1.29 is 18.7 Å². The van der Waals surface area contributed by atoms with Gasteiger partial charge in [-0.15, -0.1) is 11.3 Å². The van der Waals surface area contributed by atoms with Gasteiger partial charge in [-0.25, -0.2) is 0 Å². The van der Waals surface area contributed by atoms with Crippen molar-refractivity contribution in [1.29, 1.82) is 0 Å². The number of ether oxygens (including phenoxy) is 2. The molecule has 1 saturated heterocycles. The van der Waals surface area contributed by atoms with Gasteiger partial charge in [0.25, 0.3) is 5.91 Å². The highest BCUT2D eigenvalue weighted by Crippen LogP contribution is 2.43. The molecule has 3 aromatic rings. The van der Waals surface area contributed by atoms with Crippen LogP contribution in [0.3, 0.4) is 0 Å². The zero-order valence-electron chi connectivity index (χ0n) is 19.6. The molecule has 8 heteroatoms. The van der Waals surface area contributed by atoms with Crippen molar-refractivity contribution in [2.75, 3.05) is 52.8 Å². The van der Waals surface area contributed by atoms with Crippen LogP contribution in [0.15, 0.2) is 47.1 Å². The van der Waals surface area contributed by atoms with Crippen LogP contribution < -0.4 is 14.8 Å². The third kappa shape index (κ3) is 5.08. The van der Waals surface area contributed by atoms with Gasteiger partial charge in [-0.05, 0) is 43.8 Å². The molecule has 1 fully saturated rings. The fourth-order valence-corrected chi connectivity index (χ4v) is 5.22. The van der Waals surface area contributed by atoms with E-state index in [0.717, 1.165) is 60.2 Å². The summed E-state index contributed by atoms with van der Waals surface area (Å²) in [6.45, 7) is 5.92. The summed E-state index contributed by atoms with van der Waals surface area (Å²) >= 11 is 1.62. The maximum atomic E-state index is 12.9. The smallest absolute Gasteiger partial charge is 0.291 e. The van der Waals surface area contributed by atoms with Gasteiger partial charge in [0.2, 0.25) is 0 Å². The highest BCUT2D eigenvalue weighted by atomic mass is 32.1. The largest absolute Gasteiger partial charge is 0.497 e. The highest BCUT2D eigenvalue weighted by Gasteiger charge is 2.31. The Balaban J connectivity index is 1.79. The van der Waals surface area contributed by atoms with Gasteiger partial charge >= 0.3 is 0 Å². The molecule has 0 aliphatic carbocycles. The van der Waals surface area contributed by atoms with Crippen LogP contribution in [0.5, 0.6) is 11.5 Å². The Labute approximate surface area is 198 Å². The molecule has 1 unspecified atom stereocenters. The molecule has 33 heavy (non-hydrogen) atoms. The van der Waals surface area contributed by atoms with Gasteiger partial charge < -0.3 is 24.1 Å². The van der Waals surface area contributed by atoms with Crippen LogP contribution in [0.4, 0.5) is 5.00 Å². The molecule has 0 bridgehead atoms. The maximum Gasteiger partial charge on any atom is 0.291 e. The molecule has 0 saturated carbocycles. The third-order valence-electron chi connectivity index (χ3n) is 6.07. The minimum absolute atomic E-state index is 0.0667. The van der Waals surface area contributed by atoms with E-state index >= 15 is 0 Å². The number of rotatable bonds is 8. The summed E-state index contributed by atoms with van der Waals surface area (Å²) < 4.78 is 16.5. The van der Waals surface area contributed by atoms with Gasteiger partial charge in [0, 0.05) is 48.2 Å². The Kier molecular flexibility index (Phi) is 7.37. The summed E-state index contributed by atoms with van der Waals surface area (Å²) in [6, 6.07) is 11.5. The zero-order valence-corrected chi connectivity index (χ0v) is 20.4. The summed E-state index contributed by atoms with van der Waals surface area (Å²) in [5.74, 6) is 1.57. The normalized spacial score (nSPS) is 15.9. The lowest BCUT2D eigenvalue weighted by Crippen LogP contribution is -2.46. The third-order valence-corrected chi connectivity index (χ3v) is 7.28. The van der Waals surface area contributed by atoms with Crippen LogP contribution in [0.1, 0.15) is 39.5 Å². The number of aryl methyl sites for hydroxylation is 1. The molecule has 1 aliphatic heterocycles. The summed E-state index contributed by atoms with van der Waals surface area (Å²) in [4.78, 5) is 18.9. The van der Waals surface area contributed by atoms with Crippen LogP contribution in [0.2, 0.25) is 0 Å². The fourth-order valence-electron chi connectivity index (χ4n) is 4.19. The summed E-state index contributed by atoms with van der Waals surface area (Å²) in [6.07, 6.45) is 2.40. The van der Waals surface area contributed by atoms with Crippen LogP contribution in [-0.4, -0.2) is 63.2 Å². The number of carbonyl (C=O) groups is 1. The van der Waals surface area contributed by atoms with Gasteiger partial charge in [0.15, 0.2) is 5.76 Å². The molecule has 3 heterocycles. The first-order chi connectivity index (χ1) is 16.0. The number of thiophene rings is 1. The van der Waals surface area contributed by atoms with E-state index in [1.54, 1.807) is 37.7 Å². The van der Waals surface area contributed by atoms with Crippen LogP contribution >= 0.6 is 11.3 Å². The van der Waals surface area contributed by atoms with E-state index in [2.05, 4.69) is 41.2 Å². The van der Waals surface area contributed by atoms with E-state index < -0.39 is 0 Å². The molecule has 1 aliphatic rings. The van der Waals surface area contributed by atoms with E-state index in [-0.39, 0.29) is 11.9 Å². The second-order valence-electron chi connectivity index (χ2n) is 8.13. The Bertz CT molecular complexity index is 1070. The van der Waals surface area contributed by atoms with E-state index in [1.807, 2.05) is 12.1 Å². The number of anilines is 1. The number of amides is 1. The van der Waals surface area contributed by atoms with E-state index in [0.29, 0.717) is 5.76 Å². The Hall–Kier alpha value is -2.81. The van der Waals surface area contributed by atoms with Crippen molar-refractivity contribution >= 4 is 22.2 Å². The number of methoxy groups -OCH3 is 2. The first-order valence-corrected chi connectivity index (χ1v) is 12.0. The number of hydrogen-bond donors (Lipinski definition) is 1. The van der Waals surface area contributed by atoms with E-state index in [9.17, 15) is 4.79 Å². The number of furan rings is 1. The van der Waals surface area contributed by atoms with E-state index in [4.69, 9.17) is 13.9 Å². The summed E-state index contributed by atoms with van der Waals surface area (Å²) in [5, 5.41) is 3.95. The minimum atomic E-state index is -0.246. The average molecular weight is 470 g/mol. The van der Waals surface area contributed by atoms with Crippen LogP contribution in [0.25, 0.3) is 0 Å². The first-order valence-electron chi connectivity index (χ1n) is 11.2. The van der Waals surface area contributed by atoms with Crippen molar-refractivity contribution in [1.82, 2.24) is 9.80 Å². The van der Waals surface area contributed by atoms with Crippen molar-refractivity contribution in [2.45, 2.75) is 19.4 Å². The monoisotopic (exact) mass is 469 g/mol. The fraction of sp³-hybridized carbons (Fsp3) is 0.400. The SMILES string of the molecule is CCc1cc(C(c2ccc(OC)cc2OC)N2CCN(C)CC2)c(NC(=O)c2ccco2)s1. The molecule has 0 radical (unpaired) electrons. The molecule has 1 amide bonds. The predicted molar refractivity (Wildman–Crippen MR) is 131 cm³/mol. The molecule has 1 atom stereocenters.